The molecule has 2 aromatic carbocycles. The van der Waals surface area contributed by atoms with E-state index in [0.29, 0.717) is 58.8 Å². The molecule has 0 amide bonds. The van der Waals surface area contributed by atoms with E-state index in [1.54, 1.807) is 22.8 Å². The molecule has 36 heavy (non-hydrogen) atoms. The third-order valence-corrected chi connectivity index (χ3v) is 6.59. The molecule has 0 radical (unpaired) electrons. The average molecular weight is 529 g/mol. The van der Waals surface area contributed by atoms with Crippen LogP contribution in [0.2, 0.25) is 10.0 Å². The zero-order valence-corrected chi connectivity index (χ0v) is 21.4. The lowest BCUT2D eigenvalue weighted by Crippen LogP contribution is -2.31. The van der Waals surface area contributed by atoms with E-state index in [4.69, 9.17) is 33.7 Å². The van der Waals surface area contributed by atoms with Crippen molar-refractivity contribution in [2.24, 2.45) is 5.73 Å². The van der Waals surface area contributed by atoms with E-state index >= 15 is 0 Å². The Bertz CT molecular complexity index is 1350. The number of benzene rings is 2. The van der Waals surface area contributed by atoms with Gasteiger partial charge >= 0.3 is 5.97 Å². The van der Waals surface area contributed by atoms with Crippen LogP contribution in [0.25, 0.3) is 5.65 Å². The number of aromatic nitrogens is 4. The number of nitrogens with two attached hydrogens (primary N) is 1. The summed E-state index contributed by atoms with van der Waals surface area (Å²) in [5, 5.41) is 5.36. The van der Waals surface area contributed by atoms with Crippen LogP contribution in [0.15, 0.2) is 55.0 Å². The van der Waals surface area contributed by atoms with Gasteiger partial charge in [-0.3, -0.25) is 4.79 Å². The summed E-state index contributed by atoms with van der Waals surface area (Å²) >= 11 is 12.9. The first-order chi connectivity index (χ1) is 17.4. The van der Waals surface area contributed by atoms with Crippen molar-refractivity contribution in [2.45, 2.75) is 25.3 Å². The van der Waals surface area contributed by atoms with Gasteiger partial charge in [-0.05, 0) is 37.1 Å². The van der Waals surface area contributed by atoms with Gasteiger partial charge in [0, 0.05) is 30.3 Å². The highest BCUT2D eigenvalue weighted by molar-refractivity contribution is 6.42. The first-order valence-electron chi connectivity index (χ1n) is 11.3. The number of hydrogen-bond acceptors (Lipinski definition) is 8. The number of esters is 1. The highest BCUT2D eigenvalue weighted by atomic mass is 35.5. The van der Waals surface area contributed by atoms with Crippen molar-refractivity contribution in [1.29, 1.82) is 0 Å². The number of nitrogens with zero attached hydrogens (tertiary/aromatic N) is 5. The fourth-order valence-corrected chi connectivity index (χ4v) is 4.19. The van der Waals surface area contributed by atoms with E-state index in [2.05, 4.69) is 19.8 Å². The highest BCUT2D eigenvalue weighted by Crippen LogP contribution is 2.35. The van der Waals surface area contributed by atoms with Gasteiger partial charge in [0.25, 0.3) is 0 Å². The van der Waals surface area contributed by atoms with Crippen molar-refractivity contribution in [3.05, 3.63) is 76.2 Å². The van der Waals surface area contributed by atoms with Gasteiger partial charge < -0.3 is 20.1 Å². The predicted octanol–water partition coefficient (Wildman–Crippen LogP) is 4.45. The second-order valence-corrected chi connectivity index (χ2v) is 8.89. The summed E-state index contributed by atoms with van der Waals surface area (Å²) in [4.78, 5) is 22.3. The van der Waals surface area contributed by atoms with Crippen LogP contribution in [0.3, 0.4) is 0 Å². The Morgan fingerprint density at radius 2 is 1.94 bits per heavy atom. The summed E-state index contributed by atoms with van der Waals surface area (Å²) in [6, 6.07) is 12.6. The molecule has 0 fully saturated rings. The maximum atomic E-state index is 11.5. The van der Waals surface area contributed by atoms with Crippen LogP contribution in [-0.2, 0) is 16.0 Å². The van der Waals surface area contributed by atoms with Crippen LogP contribution in [0.5, 0.6) is 5.75 Å². The number of para-hydroxylation sites is 1. The SMILES string of the molecule is COC(=O)[C@H](N)CCCOc1ccc(Cl)c(Cl)c1Cc1cnn2c(N(C)c3ccccc3)ncnc12. The normalized spacial score (nSPS) is 11.9. The van der Waals surface area contributed by atoms with Gasteiger partial charge in [-0.25, -0.2) is 9.97 Å². The second kappa shape index (κ2) is 11.6. The van der Waals surface area contributed by atoms with Gasteiger partial charge in [0.1, 0.15) is 18.1 Å². The van der Waals surface area contributed by atoms with Crippen molar-refractivity contribution in [3.8, 4) is 5.75 Å². The minimum Gasteiger partial charge on any atom is -0.493 e. The van der Waals surface area contributed by atoms with Crippen LogP contribution in [0.1, 0.15) is 24.0 Å². The number of anilines is 2. The van der Waals surface area contributed by atoms with Crippen LogP contribution in [-0.4, -0.2) is 52.4 Å². The molecule has 4 rings (SSSR count). The molecular formula is C25H26Cl2N6O3. The number of methoxy groups -OCH3 is 1. The number of carbonyl (C=O) groups is 1. The molecule has 0 saturated heterocycles. The molecule has 0 saturated carbocycles. The van der Waals surface area contributed by atoms with Crippen LogP contribution < -0.4 is 15.4 Å². The quantitative estimate of drug-likeness (QED) is 0.237. The van der Waals surface area contributed by atoms with E-state index in [0.717, 1.165) is 11.3 Å². The molecule has 0 bridgehead atoms. The first kappa shape index (κ1) is 25.7. The molecule has 9 nitrogen and oxygen atoms in total. The third-order valence-electron chi connectivity index (χ3n) is 5.74. The smallest absolute Gasteiger partial charge is 0.322 e. The molecule has 0 aliphatic heterocycles. The number of ether oxygens (including phenoxy) is 2. The lowest BCUT2D eigenvalue weighted by atomic mass is 10.1. The summed E-state index contributed by atoms with van der Waals surface area (Å²) in [5.41, 5.74) is 8.97. The fourth-order valence-electron chi connectivity index (χ4n) is 3.79. The summed E-state index contributed by atoms with van der Waals surface area (Å²) in [6.45, 7) is 0.346. The summed E-state index contributed by atoms with van der Waals surface area (Å²) in [6.07, 6.45) is 4.64. The molecule has 188 valence electrons. The lowest BCUT2D eigenvalue weighted by Gasteiger charge is -2.18. The molecule has 4 aromatic rings. The second-order valence-electron chi connectivity index (χ2n) is 8.11. The van der Waals surface area contributed by atoms with E-state index in [1.807, 2.05) is 42.3 Å². The van der Waals surface area contributed by atoms with Crippen LogP contribution in [0, 0.1) is 0 Å². The number of halogens is 2. The van der Waals surface area contributed by atoms with E-state index in [9.17, 15) is 4.79 Å². The summed E-state index contributed by atoms with van der Waals surface area (Å²) in [7, 11) is 3.24. The molecule has 0 spiro atoms. The standard InChI is InChI=1S/C25H26Cl2N6O3/c1-32(17-7-4-3-5-8-17)25-30-15-29-23-16(14-31-33(23)25)13-18-21(11-10-19(26)22(18)27)36-12-6-9-20(28)24(34)35-2/h3-5,7-8,10-11,14-15,20H,6,9,12-13,28H2,1-2H3/t20-/m1/s1. The molecule has 2 heterocycles. The van der Waals surface area contributed by atoms with E-state index in [1.165, 1.54) is 13.4 Å². The van der Waals surface area contributed by atoms with E-state index in [-0.39, 0.29) is 0 Å². The van der Waals surface area contributed by atoms with Crippen molar-refractivity contribution >= 4 is 46.5 Å². The van der Waals surface area contributed by atoms with Gasteiger partial charge in [-0.2, -0.15) is 9.61 Å². The molecule has 1 atom stereocenters. The molecule has 2 aromatic heterocycles. The minimum atomic E-state index is -0.687. The molecule has 2 N–H and O–H groups in total. The van der Waals surface area contributed by atoms with Crippen molar-refractivity contribution in [3.63, 3.8) is 0 Å². The first-order valence-corrected chi connectivity index (χ1v) is 12.1. The average Bonchev–Trinajstić information content (AvgIpc) is 3.32. The Labute approximate surface area is 218 Å². The zero-order valence-electron chi connectivity index (χ0n) is 19.9. The molecular weight excluding hydrogens is 503 g/mol. The monoisotopic (exact) mass is 528 g/mol. The number of fused-ring (bicyclic) bond motifs is 1. The van der Waals surface area contributed by atoms with Gasteiger partial charge in [0.05, 0.1) is 30.0 Å². The maximum Gasteiger partial charge on any atom is 0.322 e. The van der Waals surface area contributed by atoms with Crippen LogP contribution in [0.4, 0.5) is 11.6 Å². The zero-order chi connectivity index (χ0) is 25.7. The Morgan fingerprint density at radius 3 is 2.69 bits per heavy atom. The number of hydrogen-bond donors (Lipinski definition) is 1. The summed E-state index contributed by atoms with van der Waals surface area (Å²) in [5.74, 6) is 0.761. The molecule has 0 unspecified atom stereocenters. The van der Waals surface area contributed by atoms with Gasteiger partial charge in [-0.15, -0.1) is 0 Å². The van der Waals surface area contributed by atoms with Crippen molar-refractivity contribution in [1.82, 2.24) is 19.6 Å². The van der Waals surface area contributed by atoms with E-state index < -0.39 is 12.0 Å². The minimum absolute atomic E-state index is 0.346. The third kappa shape index (κ3) is 5.53. The number of rotatable bonds is 10. The Hall–Kier alpha value is -3.40. The van der Waals surface area contributed by atoms with Crippen molar-refractivity contribution in [2.75, 3.05) is 25.7 Å². The van der Waals surface area contributed by atoms with Crippen LogP contribution >= 0.6 is 23.2 Å². The summed E-state index contributed by atoms with van der Waals surface area (Å²) < 4.78 is 12.3. The molecule has 0 aliphatic rings. The van der Waals surface area contributed by atoms with Gasteiger partial charge in [-0.1, -0.05) is 41.4 Å². The van der Waals surface area contributed by atoms with Gasteiger partial charge in [0.15, 0.2) is 5.65 Å². The Kier molecular flexibility index (Phi) is 8.25. The lowest BCUT2D eigenvalue weighted by molar-refractivity contribution is -0.142. The molecule has 0 aliphatic carbocycles. The topological polar surface area (TPSA) is 108 Å². The fraction of sp³-hybridized carbons (Fsp3) is 0.280. The largest absolute Gasteiger partial charge is 0.493 e. The van der Waals surface area contributed by atoms with Gasteiger partial charge in [0.2, 0.25) is 5.95 Å². The van der Waals surface area contributed by atoms with Crippen molar-refractivity contribution < 1.29 is 14.3 Å². The maximum absolute atomic E-state index is 11.5. The Balaban J connectivity index is 1.57. The predicted molar refractivity (Wildman–Crippen MR) is 139 cm³/mol. The number of carbonyl (C=O) groups excluding carboxylic acids is 1. The Morgan fingerprint density at radius 1 is 1.17 bits per heavy atom. The molecule has 11 heteroatoms. The highest BCUT2D eigenvalue weighted by Gasteiger charge is 2.19.